The summed E-state index contributed by atoms with van der Waals surface area (Å²) in [6.45, 7) is 1.77. The number of hydrogen-bond acceptors (Lipinski definition) is 3. The van der Waals surface area contributed by atoms with Crippen LogP contribution in [0.15, 0.2) is 29.3 Å². The number of benzene rings is 1. The third-order valence-corrected chi connectivity index (χ3v) is 4.24. The summed E-state index contributed by atoms with van der Waals surface area (Å²) in [5.74, 6) is 1.28. The van der Waals surface area contributed by atoms with Gasteiger partial charge in [-0.1, -0.05) is 12.1 Å². The van der Waals surface area contributed by atoms with Crippen LogP contribution < -0.4 is 5.32 Å². The van der Waals surface area contributed by atoms with E-state index in [-0.39, 0.29) is 0 Å². The lowest BCUT2D eigenvalue weighted by Gasteiger charge is -2.37. The van der Waals surface area contributed by atoms with Crippen molar-refractivity contribution in [3.63, 3.8) is 0 Å². The van der Waals surface area contributed by atoms with Crippen LogP contribution in [-0.4, -0.2) is 37.0 Å². The Kier molecular flexibility index (Phi) is 3.55. The fourth-order valence-electron chi connectivity index (χ4n) is 2.82. The molecule has 114 valence electrons. The third kappa shape index (κ3) is 2.99. The van der Waals surface area contributed by atoms with Crippen LogP contribution >= 0.6 is 0 Å². The average Bonchev–Trinajstić information content (AvgIpc) is 2.78. The van der Waals surface area contributed by atoms with Crippen LogP contribution in [0.3, 0.4) is 0 Å². The number of rotatable bonds is 2. The summed E-state index contributed by atoms with van der Waals surface area (Å²) in [6, 6.07) is 5.92. The second kappa shape index (κ2) is 5.24. The highest BCUT2D eigenvalue weighted by atomic mass is 19.4. The molecule has 2 aliphatic rings. The second-order valence-corrected chi connectivity index (χ2v) is 5.76. The summed E-state index contributed by atoms with van der Waals surface area (Å²) >= 11 is 0. The second-order valence-electron chi connectivity index (χ2n) is 5.76. The third-order valence-electron chi connectivity index (χ3n) is 4.24. The van der Waals surface area contributed by atoms with E-state index in [4.69, 9.17) is 0 Å². The van der Waals surface area contributed by atoms with E-state index in [0.29, 0.717) is 12.0 Å². The van der Waals surface area contributed by atoms with Gasteiger partial charge >= 0.3 is 6.18 Å². The maximum absolute atomic E-state index is 12.5. The van der Waals surface area contributed by atoms with E-state index < -0.39 is 11.7 Å². The molecule has 1 N–H and O–H groups in total. The minimum Gasteiger partial charge on any atom is -0.353 e. The molecule has 0 bridgehead atoms. The zero-order valence-electron chi connectivity index (χ0n) is 11.8. The van der Waals surface area contributed by atoms with Crippen LogP contribution in [0.1, 0.15) is 29.9 Å². The Morgan fingerprint density at radius 3 is 2.38 bits per heavy atom. The molecule has 0 atom stereocenters. The molecular weight excluding hydrogens is 279 g/mol. The highest BCUT2D eigenvalue weighted by Crippen LogP contribution is 2.38. The Bertz CT molecular complexity index is 530. The molecule has 1 aromatic rings. The molecule has 1 aromatic carbocycles. The fourth-order valence-corrected chi connectivity index (χ4v) is 2.82. The smallest absolute Gasteiger partial charge is 0.353 e. The Morgan fingerprint density at radius 2 is 1.86 bits per heavy atom. The number of hydrogen-bond donors (Lipinski definition) is 1. The molecule has 1 fully saturated rings. The van der Waals surface area contributed by atoms with Gasteiger partial charge in [0.25, 0.3) is 0 Å². The largest absolute Gasteiger partial charge is 0.416 e. The number of nitrogens with zero attached hydrogens (tertiary/aromatic N) is 2. The average molecular weight is 297 g/mol. The molecular formula is C15H18F3N3. The monoisotopic (exact) mass is 297 g/mol. The number of halogens is 3. The summed E-state index contributed by atoms with van der Waals surface area (Å²) in [5, 5.41) is 3.40. The molecule has 21 heavy (non-hydrogen) atoms. The molecule has 1 saturated carbocycles. The van der Waals surface area contributed by atoms with Gasteiger partial charge < -0.3 is 10.2 Å². The Hall–Kier alpha value is -1.72. The number of guanidine groups is 1. The molecule has 0 amide bonds. The van der Waals surface area contributed by atoms with Crippen LogP contribution in [0.25, 0.3) is 0 Å². The zero-order valence-corrected chi connectivity index (χ0v) is 11.8. The lowest BCUT2D eigenvalue weighted by Crippen LogP contribution is -2.47. The van der Waals surface area contributed by atoms with Crippen LogP contribution in [0.2, 0.25) is 0 Å². The maximum atomic E-state index is 12.5. The van der Waals surface area contributed by atoms with Crippen LogP contribution in [0, 0.1) is 0 Å². The molecule has 0 radical (unpaired) electrons. The van der Waals surface area contributed by atoms with Crippen molar-refractivity contribution in [1.29, 1.82) is 0 Å². The summed E-state index contributed by atoms with van der Waals surface area (Å²) in [5.41, 5.74) is 0.407. The van der Waals surface area contributed by atoms with E-state index >= 15 is 0 Å². The SMILES string of the molecule is CN1CCN=C1NC1CC(c2ccc(C(F)(F)F)cc2)C1. The van der Waals surface area contributed by atoms with Crippen LogP contribution in [0.5, 0.6) is 0 Å². The molecule has 0 aromatic heterocycles. The molecule has 3 nitrogen and oxygen atoms in total. The first-order chi connectivity index (χ1) is 9.93. The molecule has 1 aliphatic carbocycles. The molecule has 1 heterocycles. The lowest BCUT2D eigenvalue weighted by atomic mass is 9.76. The van der Waals surface area contributed by atoms with Crippen molar-refractivity contribution in [2.75, 3.05) is 20.1 Å². The number of aliphatic imine (C=N–C) groups is 1. The number of likely N-dealkylation sites (N-methyl/N-ethyl adjacent to an activating group) is 1. The van der Waals surface area contributed by atoms with Crippen molar-refractivity contribution < 1.29 is 13.2 Å². The van der Waals surface area contributed by atoms with Gasteiger partial charge in [0.05, 0.1) is 12.1 Å². The van der Waals surface area contributed by atoms with Gasteiger partial charge in [-0.15, -0.1) is 0 Å². The van der Waals surface area contributed by atoms with Gasteiger partial charge in [0.1, 0.15) is 0 Å². The predicted molar refractivity (Wildman–Crippen MR) is 75.3 cm³/mol. The van der Waals surface area contributed by atoms with E-state index in [9.17, 15) is 13.2 Å². The molecule has 1 aliphatic heterocycles. The van der Waals surface area contributed by atoms with E-state index in [0.717, 1.165) is 37.5 Å². The van der Waals surface area contributed by atoms with E-state index in [1.165, 1.54) is 12.1 Å². The van der Waals surface area contributed by atoms with Gasteiger partial charge in [0.2, 0.25) is 0 Å². The van der Waals surface area contributed by atoms with Crippen LogP contribution in [-0.2, 0) is 6.18 Å². The summed E-state index contributed by atoms with van der Waals surface area (Å²) < 4.78 is 37.5. The standard InChI is InChI=1S/C15H18F3N3/c1-21-7-6-19-14(21)20-13-8-11(9-13)10-2-4-12(5-3-10)15(16,17)18/h2-5,11,13H,6-9H2,1H3,(H,19,20). The van der Waals surface area contributed by atoms with Crippen molar-refractivity contribution in [3.05, 3.63) is 35.4 Å². The van der Waals surface area contributed by atoms with Gasteiger partial charge in [-0.25, -0.2) is 0 Å². The number of alkyl halides is 3. The van der Waals surface area contributed by atoms with Crippen LogP contribution in [0.4, 0.5) is 13.2 Å². The van der Waals surface area contributed by atoms with Crippen molar-refractivity contribution in [2.24, 2.45) is 4.99 Å². The van der Waals surface area contributed by atoms with Crippen molar-refractivity contribution in [2.45, 2.75) is 31.0 Å². The van der Waals surface area contributed by atoms with Gasteiger partial charge in [-0.3, -0.25) is 4.99 Å². The highest BCUT2D eigenvalue weighted by Gasteiger charge is 2.34. The number of nitrogens with one attached hydrogen (secondary N) is 1. The van der Waals surface area contributed by atoms with E-state index in [1.54, 1.807) is 12.1 Å². The Labute approximate surface area is 121 Å². The maximum Gasteiger partial charge on any atom is 0.416 e. The fraction of sp³-hybridized carbons (Fsp3) is 0.533. The lowest BCUT2D eigenvalue weighted by molar-refractivity contribution is -0.137. The first-order valence-corrected chi connectivity index (χ1v) is 7.13. The Morgan fingerprint density at radius 1 is 1.19 bits per heavy atom. The van der Waals surface area contributed by atoms with Crippen molar-refractivity contribution >= 4 is 5.96 Å². The highest BCUT2D eigenvalue weighted by molar-refractivity contribution is 5.81. The minimum absolute atomic E-state index is 0.345. The van der Waals surface area contributed by atoms with E-state index in [1.807, 2.05) is 7.05 Å². The quantitative estimate of drug-likeness (QED) is 0.909. The molecule has 0 unspecified atom stereocenters. The summed E-state index contributed by atoms with van der Waals surface area (Å²) in [6.07, 6.45) is -2.37. The summed E-state index contributed by atoms with van der Waals surface area (Å²) in [4.78, 5) is 6.47. The first-order valence-electron chi connectivity index (χ1n) is 7.13. The van der Waals surface area contributed by atoms with Gasteiger partial charge in [-0.05, 0) is 36.5 Å². The van der Waals surface area contributed by atoms with Crippen molar-refractivity contribution in [1.82, 2.24) is 10.2 Å². The summed E-state index contributed by atoms with van der Waals surface area (Å²) in [7, 11) is 2.00. The van der Waals surface area contributed by atoms with Gasteiger partial charge in [-0.2, -0.15) is 13.2 Å². The first kappa shape index (κ1) is 14.2. The van der Waals surface area contributed by atoms with Gasteiger partial charge in [0, 0.05) is 19.6 Å². The molecule has 0 saturated heterocycles. The Balaban J connectivity index is 1.54. The zero-order chi connectivity index (χ0) is 15.0. The van der Waals surface area contributed by atoms with Crippen molar-refractivity contribution in [3.8, 4) is 0 Å². The molecule has 0 spiro atoms. The normalized spacial score (nSPS) is 25.5. The topological polar surface area (TPSA) is 27.6 Å². The van der Waals surface area contributed by atoms with E-state index in [2.05, 4.69) is 15.2 Å². The minimum atomic E-state index is -4.26. The predicted octanol–water partition coefficient (Wildman–Crippen LogP) is 2.84. The molecule has 3 rings (SSSR count). The van der Waals surface area contributed by atoms with Gasteiger partial charge in [0.15, 0.2) is 5.96 Å². The molecule has 6 heteroatoms.